The van der Waals surface area contributed by atoms with Crippen LogP contribution in [0.5, 0.6) is 17.2 Å². The largest absolute Gasteiger partial charge is 0.504 e. The number of hydrogen-bond donors (Lipinski definition) is 5. The Hall–Kier alpha value is -3.71. The van der Waals surface area contributed by atoms with Crippen molar-refractivity contribution in [1.82, 2.24) is 9.80 Å². The highest BCUT2D eigenvalue weighted by Crippen LogP contribution is 2.52. The van der Waals surface area contributed by atoms with Crippen molar-refractivity contribution < 1.29 is 44.5 Å². The van der Waals surface area contributed by atoms with Crippen LogP contribution in [0.4, 0.5) is 0 Å². The van der Waals surface area contributed by atoms with Gasteiger partial charge in [-0.2, -0.15) is 0 Å². The number of aliphatic hydroxyl groups excluding tert-OH is 3. The van der Waals surface area contributed by atoms with Gasteiger partial charge in [-0.15, -0.1) is 0 Å². The van der Waals surface area contributed by atoms with Crippen molar-refractivity contribution in [3.8, 4) is 17.2 Å². The zero-order valence-corrected chi connectivity index (χ0v) is 23.7. The molecular weight excluding hydrogens is 556 g/mol. The van der Waals surface area contributed by atoms with Crippen LogP contribution in [0.15, 0.2) is 60.7 Å². The number of carbonyl (C=O) groups is 1. The number of benzene rings is 3. The van der Waals surface area contributed by atoms with Crippen molar-refractivity contribution >= 4 is 5.97 Å². The van der Waals surface area contributed by atoms with Gasteiger partial charge >= 0.3 is 5.97 Å². The van der Waals surface area contributed by atoms with Crippen molar-refractivity contribution in [2.75, 3.05) is 39.9 Å². The molecule has 0 aromatic heterocycles. The lowest BCUT2D eigenvalue weighted by Gasteiger charge is -2.45. The van der Waals surface area contributed by atoms with Gasteiger partial charge < -0.3 is 39.7 Å². The van der Waals surface area contributed by atoms with Gasteiger partial charge in [0, 0.05) is 43.9 Å². The van der Waals surface area contributed by atoms with E-state index in [2.05, 4.69) is 34.1 Å². The minimum Gasteiger partial charge on any atom is -0.504 e. The Kier molecular flexibility index (Phi) is 8.27. The van der Waals surface area contributed by atoms with Gasteiger partial charge in [0.15, 0.2) is 17.6 Å². The van der Waals surface area contributed by atoms with Crippen LogP contribution in [0, 0.1) is 0 Å². The molecule has 5 unspecified atom stereocenters. The van der Waals surface area contributed by atoms with E-state index in [1.165, 1.54) is 18.2 Å². The maximum atomic E-state index is 13.4. The number of phenolic OH excluding ortho intramolecular Hbond substituents is 2. The molecule has 43 heavy (non-hydrogen) atoms. The molecule has 3 aliphatic rings. The fourth-order valence-electron chi connectivity index (χ4n) is 6.55. The van der Waals surface area contributed by atoms with E-state index in [-0.39, 0.29) is 35.0 Å². The van der Waals surface area contributed by atoms with Gasteiger partial charge in [-0.1, -0.05) is 60.7 Å². The maximum absolute atomic E-state index is 13.4. The molecule has 228 valence electrons. The van der Waals surface area contributed by atoms with Crippen molar-refractivity contribution in [3.05, 3.63) is 88.5 Å². The number of phenols is 2. The summed E-state index contributed by atoms with van der Waals surface area (Å²) in [5.74, 6) is -2.02. The van der Waals surface area contributed by atoms with Gasteiger partial charge in [-0.25, -0.2) is 4.79 Å². The Morgan fingerprint density at radius 2 is 1.51 bits per heavy atom. The summed E-state index contributed by atoms with van der Waals surface area (Å²) < 4.78 is 16.7. The van der Waals surface area contributed by atoms with E-state index in [4.69, 9.17) is 14.2 Å². The second-order valence-corrected chi connectivity index (χ2v) is 11.2. The molecule has 11 heteroatoms. The van der Waals surface area contributed by atoms with E-state index in [1.54, 1.807) is 0 Å². The fraction of sp³-hybridized carbons (Fsp3) is 0.406. The molecule has 6 rings (SSSR count). The molecule has 2 fully saturated rings. The summed E-state index contributed by atoms with van der Waals surface area (Å²) in [6, 6.07) is 20.7. The zero-order valence-electron chi connectivity index (χ0n) is 23.7. The highest BCUT2D eigenvalue weighted by atomic mass is 16.6. The van der Waals surface area contributed by atoms with Gasteiger partial charge in [-0.05, 0) is 11.1 Å². The molecule has 3 aromatic rings. The van der Waals surface area contributed by atoms with E-state index in [9.17, 15) is 30.3 Å². The summed E-state index contributed by atoms with van der Waals surface area (Å²) in [5.41, 5.74) is 2.49. The maximum Gasteiger partial charge on any atom is 0.339 e. The first kappa shape index (κ1) is 29.4. The molecule has 5 atom stereocenters. The fourth-order valence-corrected chi connectivity index (χ4v) is 6.55. The number of ether oxygens (including phenoxy) is 3. The van der Waals surface area contributed by atoms with Crippen LogP contribution in [0.1, 0.15) is 44.8 Å². The topological polar surface area (TPSA) is 152 Å². The van der Waals surface area contributed by atoms with Crippen LogP contribution in [0.2, 0.25) is 0 Å². The summed E-state index contributed by atoms with van der Waals surface area (Å²) in [7, 11) is 1.28. The number of fused-ring (bicyclic) bond motifs is 3. The lowest BCUT2D eigenvalue weighted by molar-refractivity contribution is -0.235. The minimum atomic E-state index is -1.56. The highest BCUT2D eigenvalue weighted by molar-refractivity contribution is 5.97. The number of aliphatic hydroxyl groups is 3. The predicted octanol–water partition coefficient (Wildman–Crippen LogP) is 1.71. The molecule has 0 amide bonds. The number of methoxy groups -OCH3 is 1. The molecule has 0 saturated carbocycles. The Labute approximate surface area is 249 Å². The van der Waals surface area contributed by atoms with Crippen LogP contribution < -0.4 is 4.74 Å². The number of carbonyl (C=O) groups excluding carboxylic acids is 1. The number of piperazine rings is 1. The van der Waals surface area contributed by atoms with E-state index in [0.29, 0.717) is 26.2 Å². The monoisotopic (exact) mass is 592 g/mol. The molecule has 3 heterocycles. The number of aromatic hydroxyl groups is 2. The molecule has 5 N–H and O–H groups in total. The van der Waals surface area contributed by atoms with E-state index in [0.717, 1.165) is 0 Å². The summed E-state index contributed by atoms with van der Waals surface area (Å²) in [6.45, 7) is 2.23. The lowest BCUT2D eigenvalue weighted by Crippen LogP contribution is -2.58. The summed E-state index contributed by atoms with van der Waals surface area (Å²) >= 11 is 0. The number of nitrogens with zero attached hydrogens (tertiary/aromatic N) is 2. The van der Waals surface area contributed by atoms with Gasteiger partial charge in [0.25, 0.3) is 0 Å². The Morgan fingerprint density at radius 3 is 2.07 bits per heavy atom. The summed E-state index contributed by atoms with van der Waals surface area (Å²) in [4.78, 5) is 17.9. The third kappa shape index (κ3) is 5.22. The third-order valence-electron chi connectivity index (χ3n) is 8.73. The standard InChI is InChI=1S/C32H36N2O9/c1-41-30-25(36)20(22-23(27(30)38)29-31(43-32(22)40)28(39)26(37)21(17-35)42-29)16-33-12-14-34(15-13-33)24(18-8-4-2-5-9-18)19-10-6-3-7-11-19/h2-11,21,24,26,28-29,31,35-39H,12-17H2,1H3. The number of rotatable bonds is 7. The van der Waals surface area contributed by atoms with Gasteiger partial charge in [-0.3, -0.25) is 9.80 Å². The second kappa shape index (κ2) is 12.1. The molecule has 11 nitrogen and oxygen atoms in total. The van der Waals surface area contributed by atoms with Crippen LogP contribution in [-0.2, 0) is 16.0 Å². The van der Waals surface area contributed by atoms with Crippen molar-refractivity contribution in [1.29, 1.82) is 0 Å². The first-order valence-corrected chi connectivity index (χ1v) is 14.4. The summed E-state index contributed by atoms with van der Waals surface area (Å²) in [6.07, 6.45) is -6.79. The van der Waals surface area contributed by atoms with Crippen molar-refractivity contribution in [2.24, 2.45) is 0 Å². The molecule has 2 saturated heterocycles. The van der Waals surface area contributed by atoms with Gasteiger partial charge in [0.1, 0.15) is 24.4 Å². The molecule has 0 aliphatic carbocycles. The smallest absolute Gasteiger partial charge is 0.339 e. The first-order chi connectivity index (χ1) is 20.8. The SMILES string of the molecule is COc1c(O)c(CN2CCN(C(c3ccccc3)c3ccccc3)CC2)c2c(c1O)C1OC(CO)C(O)C(O)C1OC2=O. The van der Waals surface area contributed by atoms with Crippen LogP contribution in [0.3, 0.4) is 0 Å². The number of hydrogen-bond acceptors (Lipinski definition) is 11. The average molecular weight is 593 g/mol. The van der Waals surface area contributed by atoms with Crippen molar-refractivity contribution in [2.45, 2.75) is 43.1 Å². The quantitative estimate of drug-likeness (QED) is 0.255. The predicted molar refractivity (Wildman–Crippen MR) is 154 cm³/mol. The molecule has 0 bridgehead atoms. The van der Waals surface area contributed by atoms with E-state index >= 15 is 0 Å². The normalized spacial score (nSPS) is 26.1. The first-order valence-electron chi connectivity index (χ1n) is 14.4. The Morgan fingerprint density at radius 1 is 0.907 bits per heavy atom. The molecule has 3 aliphatic heterocycles. The van der Waals surface area contributed by atoms with Gasteiger partial charge in [0.2, 0.25) is 5.75 Å². The summed E-state index contributed by atoms with van der Waals surface area (Å²) in [5, 5.41) is 53.0. The van der Waals surface area contributed by atoms with E-state index in [1.807, 2.05) is 36.4 Å². The number of esters is 1. The Bertz CT molecular complexity index is 1410. The lowest BCUT2D eigenvalue weighted by atomic mass is 9.84. The molecule has 3 aromatic carbocycles. The van der Waals surface area contributed by atoms with Crippen LogP contribution in [-0.4, -0.2) is 106 Å². The van der Waals surface area contributed by atoms with E-state index < -0.39 is 54.6 Å². The van der Waals surface area contributed by atoms with Crippen molar-refractivity contribution in [3.63, 3.8) is 0 Å². The second-order valence-electron chi connectivity index (χ2n) is 11.2. The molecule has 0 spiro atoms. The zero-order chi connectivity index (χ0) is 30.2. The molecule has 0 radical (unpaired) electrons. The average Bonchev–Trinajstić information content (AvgIpc) is 3.03. The van der Waals surface area contributed by atoms with Crippen LogP contribution in [0.25, 0.3) is 0 Å². The Balaban J connectivity index is 1.29. The van der Waals surface area contributed by atoms with Crippen LogP contribution >= 0.6 is 0 Å². The highest BCUT2D eigenvalue weighted by Gasteiger charge is 2.53. The third-order valence-corrected chi connectivity index (χ3v) is 8.73. The minimum absolute atomic E-state index is 0.0119. The molecular formula is C32H36N2O9. The van der Waals surface area contributed by atoms with Gasteiger partial charge in [0.05, 0.1) is 25.3 Å².